The molecule has 4 heteroatoms. The summed E-state index contributed by atoms with van der Waals surface area (Å²) < 4.78 is 19.5. The molecule has 1 atom stereocenters. The van der Waals surface area contributed by atoms with Crippen LogP contribution in [0.4, 0.5) is 4.39 Å². The van der Waals surface area contributed by atoms with Crippen molar-refractivity contribution in [2.75, 3.05) is 0 Å². The molecule has 1 aliphatic heterocycles. The van der Waals surface area contributed by atoms with Crippen LogP contribution in [0.2, 0.25) is 0 Å². The lowest BCUT2D eigenvalue weighted by Crippen LogP contribution is -2.22. The molecule has 2 rings (SSSR count). The van der Waals surface area contributed by atoms with Gasteiger partial charge < -0.3 is 4.74 Å². The minimum atomic E-state index is -0.815. The van der Waals surface area contributed by atoms with E-state index in [1.54, 1.807) is 19.1 Å². The summed E-state index contributed by atoms with van der Waals surface area (Å²) in [6.07, 6.45) is 0.877. The molecule has 15 heavy (non-hydrogen) atoms. The van der Waals surface area contributed by atoms with Crippen LogP contribution in [0.5, 0.6) is 0 Å². The van der Waals surface area contributed by atoms with Crippen molar-refractivity contribution in [2.45, 2.75) is 25.4 Å². The molecule has 1 fully saturated rings. The lowest BCUT2D eigenvalue weighted by atomic mass is 9.92. The lowest BCUT2D eigenvalue weighted by Gasteiger charge is -2.23. The zero-order valence-electron chi connectivity index (χ0n) is 8.22. The van der Waals surface area contributed by atoms with Crippen LogP contribution in [-0.2, 0) is 15.1 Å². The highest BCUT2D eigenvalue weighted by Gasteiger charge is 2.39. The normalized spacial score (nSPS) is 25.4. The average Bonchev–Trinajstić information content (AvgIpc) is 2.52. The first-order chi connectivity index (χ1) is 7.01. The highest BCUT2D eigenvalue weighted by molar-refractivity contribution is 9.10. The molecule has 0 spiro atoms. The third kappa shape index (κ3) is 1.91. The van der Waals surface area contributed by atoms with E-state index in [2.05, 4.69) is 15.9 Å². The summed E-state index contributed by atoms with van der Waals surface area (Å²) in [5.74, 6) is -0.604. The minimum absolute atomic E-state index is 0.267. The highest BCUT2D eigenvalue weighted by Crippen LogP contribution is 2.38. The van der Waals surface area contributed by atoms with E-state index in [4.69, 9.17) is 4.74 Å². The Balaban J connectivity index is 2.44. The van der Waals surface area contributed by atoms with Crippen LogP contribution in [0, 0.1) is 5.82 Å². The maximum absolute atomic E-state index is 13.6. The molecule has 1 aliphatic rings. The number of rotatable bonds is 1. The molecule has 80 valence electrons. The maximum atomic E-state index is 13.6. The predicted molar refractivity (Wildman–Crippen MR) is 56.8 cm³/mol. The highest BCUT2D eigenvalue weighted by atomic mass is 79.9. The van der Waals surface area contributed by atoms with Gasteiger partial charge in [-0.25, -0.2) is 4.39 Å². The van der Waals surface area contributed by atoms with E-state index in [1.807, 2.05) is 0 Å². The van der Waals surface area contributed by atoms with E-state index in [-0.39, 0.29) is 11.8 Å². The molecule has 1 heterocycles. The van der Waals surface area contributed by atoms with Gasteiger partial charge in [0.1, 0.15) is 11.4 Å². The zero-order valence-corrected chi connectivity index (χ0v) is 9.80. The molecule has 0 radical (unpaired) electrons. The SMILES string of the molecule is CC1(c2cc(Br)ccc2F)CCC(=O)O1. The molecular formula is C11H10BrFO2. The first kappa shape index (κ1) is 10.6. The number of esters is 1. The van der Waals surface area contributed by atoms with Crippen molar-refractivity contribution in [1.82, 2.24) is 0 Å². The maximum Gasteiger partial charge on any atom is 0.306 e. The minimum Gasteiger partial charge on any atom is -0.454 e. The third-order valence-corrected chi connectivity index (χ3v) is 3.14. The van der Waals surface area contributed by atoms with Gasteiger partial charge in [-0.3, -0.25) is 4.79 Å². The molecule has 1 aromatic carbocycles. The summed E-state index contributed by atoms with van der Waals surface area (Å²) >= 11 is 3.28. The largest absolute Gasteiger partial charge is 0.454 e. The fraction of sp³-hybridized carbons (Fsp3) is 0.364. The molecule has 0 bridgehead atoms. The summed E-state index contributed by atoms with van der Waals surface area (Å²) in [6.45, 7) is 1.74. The van der Waals surface area contributed by atoms with Crippen LogP contribution in [0.15, 0.2) is 22.7 Å². The molecule has 0 aliphatic carbocycles. The van der Waals surface area contributed by atoms with E-state index >= 15 is 0 Å². The first-order valence-corrected chi connectivity index (χ1v) is 5.48. The van der Waals surface area contributed by atoms with E-state index < -0.39 is 5.60 Å². The molecular weight excluding hydrogens is 263 g/mol. The van der Waals surface area contributed by atoms with Crippen molar-refractivity contribution in [1.29, 1.82) is 0 Å². The molecule has 2 nitrogen and oxygen atoms in total. The van der Waals surface area contributed by atoms with Gasteiger partial charge in [0.05, 0.1) is 0 Å². The van der Waals surface area contributed by atoms with Crippen LogP contribution in [-0.4, -0.2) is 5.97 Å². The molecule has 0 amide bonds. The summed E-state index contributed by atoms with van der Waals surface area (Å²) in [6, 6.07) is 4.66. The van der Waals surface area contributed by atoms with Crippen molar-refractivity contribution in [3.63, 3.8) is 0 Å². The van der Waals surface area contributed by atoms with Gasteiger partial charge in [-0.15, -0.1) is 0 Å². The fourth-order valence-corrected chi connectivity index (χ4v) is 2.15. The zero-order chi connectivity index (χ0) is 11.1. The van der Waals surface area contributed by atoms with Crippen molar-refractivity contribution in [2.24, 2.45) is 0 Å². The van der Waals surface area contributed by atoms with Crippen molar-refractivity contribution in [3.05, 3.63) is 34.1 Å². The molecule has 1 aromatic rings. The van der Waals surface area contributed by atoms with E-state index in [0.29, 0.717) is 18.4 Å². The summed E-state index contributed by atoms with van der Waals surface area (Å²) in [4.78, 5) is 11.1. The Labute approximate surface area is 95.6 Å². The van der Waals surface area contributed by atoms with Gasteiger partial charge in [-0.1, -0.05) is 15.9 Å². The van der Waals surface area contributed by atoms with E-state index in [1.165, 1.54) is 6.07 Å². The monoisotopic (exact) mass is 272 g/mol. The summed E-state index contributed by atoms with van der Waals surface area (Å²) in [5.41, 5.74) is -0.381. The number of halogens is 2. The number of hydrogen-bond acceptors (Lipinski definition) is 2. The average molecular weight is 273 g/mol. The fourth-order valence-electron chi connectivity index (χ4n) is 1.79. The second kappa shape index (κ2) is 3.59. The number of carbonyl (C=O) groups is 1. The Hall–Kier alpha value is -0.900. The van der Waals surface area contributed by atoms with Gasteiger partial charge in [0.25, 0.3) is 0 Å². The van der Waals surface area contributed by atoms with Gasteiger partial charge in [0, 0.05) is 22.9 Å². The van der Waals surface area contributed by atoms with Crippen molar-refractivity contribution in [3.8, 4) is 0 Å². The van der Waals surface area contributed by atoms with E-state index in [9.17, 15) is 9.18 Å². The second-order valence-corrected chi connectivity index (χ2v) is 4.74. The predicted octanol–water partition coefficient (Wildman–Crippen LogP) is 3.14. The van der Waals surface area contributed by atoms with Gasteiger partial charge >= 0.3 is 5.97 Å². The molecule has 0 N–H and O–H groups in total. The number of benzene rings is 1. The standard InChI is InChI=1S/C11H10BrFO2/c1-11(5-4-10(14)15-11)8-6-7(12)2-3-9(8)13/h2-3,6H,4-5H2,1H3. The van der Waals surface area contributed by atoms with Crippen molar-refractivity contribution >= 4 is 21.9 Å². The smallest absolute Gasteiger partial charge is 0.306 e. The Morgan fingerprint density at radius 3 is 2.87 bits per heavy atom. The summed E-state index contributed by atoms with van der Waals surface area (Å²) in [5, 5.41) is 0. The Bertz CT molecular complexity index is 419. The van der Waals surface area contributed by atoms with Crippen LogP contribution < -0.4 is 0 Å². The van der Waals surface area contributed by atoms with Crippen LogP contribution in [0.25, 0.3) is 0 Å². The quantitative estimate of drug-likeness (QED) is 0.735. The first-order valence-electron chi connectivity index (χ1n) is 4.69. The van der Waals surface area contributed by atoms with Crippen LogP contribution in [0.3, 0.4) is 0 Å². The number of ether oxygens (including phenoxy) is 1. The van der Waals surface area contributed by atoms with Gasteiger partial charge in [-0.05, 0) is 25.1 Å². The Morgan fingerprint density at radius 1 is 1.53 bits per heavy atom. The second-order valence-electron chi connectivity index (χ2n) is 3.83. The topological polar surface area (TPSA) is 26.3 Å². The van der Waals surface area contributed by atoms with Gasteiger partial charge in [-0.2, -0.15) is 0 Å². The molecule has 1 unspecified atom stereocenters. The molecule has 0 aromatic heterocycles. The molecule has 0 saturated carbocycles. The van der Waals surface area contributed by atoms with Crippen LogP contribution >= 0.6 is 15.9 Å². The van der Waals surface area contributed by atoms with E-state index in [0.717, 1.165) is 4.47 Å². The third-order valence-electron chi connectivity index (χ3n) is 2.64. The summed E-state index contributed by atoms with van der Waals surface area (Å²) in [7, 11) is 0. The lowest BCUT2D eigenvalue weighted by molar-refractivity contribution is -0.148. The number of cyclic esters (lactones) is 1. The molecule has 1 saturated heterocycles. The van der Waals surface area contributed by atoms with Gasteiger partial charge in [0.2, 0.25) is 0 Å². The number of hydrogen-bond donors (Lipinski definition) is 0. The number of carbonyl (C=O) groups excluding carboxylic acids is 1. The van der Waals surface area contributed by atoms with Crippen molar-refractivity contribution < 1.29 is 13.9 Å². The Kier molecular flexibility index (Phi) is 2.54. The van der Waals surface area contributed by atoms with Crippen LogP contribution in [0.1, 0.15) is 25.3 Å². The Morgan fingerprint density at radius 2 is 2.27 bits per heavy atom. The van der Waals surface area contributed by atoms with Gasteiger partial charge in [0.15, 0.2) is 0 Å².